The molecule has 1 amide bonds. The molecule has 1 saturated heterocycles. The third kappa shape index (κ3) is 4.69. The molecule has 32 heavy (non-hydrogen) atoms. The first kappa shape index (κ1) is 22.0. The number of fused-ring (bicyclic) bond motifs is 1. The average Bonchev–Trinajstić information content (AvgIpc) is 2.79. The smallest absolute Gasteiger partial charge is 0.287 e. The molecule has 168 valence electrons. The van der Waals surface area contributed by atoms with E-state index in [-0.39, 0.29) is 17.2 Å². The van der Waals surface area contributed by atoms with E-state index in [9.17, 15) is 9.59 Å². The lowest BCUT2D eigenvalue weighted by Gasteiger charge is -2.35. The highest BCUT2D eigenvalue weighted by Crippen LogP contribution is 2.24. The van der Waals surface area contributed by atoms with Gasteiger partial charge in [0.1, 0.15) is 11.3 Å². The van der Waals surface area contributed by atoms with E-state index in [1.54, 1.807) is 13.2 Å². The van der Waals surface area contributed by atoms with E-state index >= 15 is 0 Å². The Morgan fingerprint density at radius 1 is 1.12 bits per heavy atom. The summed E-state index contributed by atoms with van der Waals surface area (Å²) in [5.74, 6) is 0.389. The number of carbonyl (C=O) groups is 1. The van der Waals surface area contributed by atoms with Crippen molar-refractivity contribution in [1.29, 1.82) is 0 Å². The predicted molar refractivity (Wildman–Crippen MR) is 122 cm³/mol. The first-order valence-electron chi connectivity index (χ1n) is 10.8. The highest BCUT2D eigenvalue weighted by molar-refractivity contribution is 5.93. The van der Waals surface area contributed by atoms with E-state index in [1.807, 2.05) is 44.2 Å². The van der Waals surface area contributed by atoms with Crippen molar-refractivity contribution >= 4 is 16.9 Å². The zero-order valence-corrected chi connectivity index (χ0v) is 18.6. The highest BCUT2D eigenvalue weighted by atomic mass is 16.5. The van der Waals surface area contributed by atoms with Gasteiger partial charge in [0.05, 0.1) is 31.8 Å². The van der Waals surface area contributed by atoms with Crippen LogP contribution < -0.4 is 15.5 Å². The molecule has 2 heterocycles. The van der Waals surface area contributed by atoms with Crippen molar-refractivity contribution in [2.75, 3.05) is 40.0 Å². The lowest BCUT2D eigenvalue weighted by Crippen LogP contribution is -2.43. The second kappa shape index (κ2) is 9.54. The molecule has 0 radical (unpaired) electrons. The molecule has 0 spiro atoms. The summed E-state index contributed by atoms with van der Waals surface area (Å²) in [5, 5.41) is 3.47. The molecule has 0 bridgehead atoms. The molecule has 1 aromatic heterocycles. The second-order valence-electron chi connectivity index (χ2n) is 8.08. The topological polar surface area (TPSA) is 81.0 Å². The second-order valence-corrected chi connectivity index (χ2v) is 8.08. The van der Waals surface area contributed by atoms with Crippen LogP contribution in [0.2, 0.25) is 0 Å². The average molecular weight is 437 g/mol. The number of nitrogens with one attached hydrogen (secondary N) is 1. The van der Waals surface area contributed by atoms with Crippen LogP contribution in [0.4, 0.5) is 0 Å². The minimum atomic E-state index is -0.407. The molecule has 1 N–H and O–H groups in total. The Hall–Kier alpha value is -3.16. The monoisotopic (exact) mass is 436 g/mol. The lowest BCUT2D eigenvalue weighted by molar-refractivity contribution is 0.0161. The minimum Gasteiger partial charge on any atom is -0.497 e. The third-order valence-electron chi connectivity index (χ3n) is 5.84. The number of aryl methyl sites for hydroxylation is 2. The van der Waals surface area contributed by atoms with Crippen LogP contribution in [0.5, 0.6) is 5.75 Å². The van der Waals surface area contributed by atoms with Crippen LogP contribution in [0.15, 0.2) is 51.7 Å². The zero-order valence-electron chi connectivity index (χ0n) is 18.6. The van der Waals surface area contributed by atoms with Crippen LogP contribution in [0.25, 0.3) is 11.0 Å². The van der Waals surface area contributed by atoms with Gasteiger partial charge in [-0.05, 0) is 48.7 Å². The molecule has 3 aromatic rings. The largest absolute Gasteiger partial charge is 0.497 e. The van der Waals surface area contributed by atoms with Crippen LogP contribution in [-0.2, 0) is 4.74 Å². The van der Waals surface area contributed by atoms with Gasteiger partial charge in [-0.1, -0.05) is 18.2 Å². The van der Waals surface area contributed by atoms with Gasteiger partial charge in [0, 0.05) is 25.7 Å². The molecule has 1 atom stereocenters. The summed E-state index contributed by atoms with van der Waals surface area (Å²) < 4.78 is 16.6. The number of morpholine rings is 1. The van der Waals surface area contributed by atoms with E-state index in [0.29, 0.717) is 30.7 Å². The van der Waals surface area contributed by atoms with Gasteiger partial charge in [-0.2, -0.15) is 0 Å². The summed E-state index contributed by atoms with van der Waals surface area (Å²) in [6.45, 7) is 7.03. The van der Waals surface area contributed by atoms with Crippen molar-refractivity contribution < 1.29 is 18.7 Å². The maximum Gasteiger partial charge on any atom is 0.287 e. The van der Waals surface area contributed by atoms with Crippen molar-refractivity contribution in [2.24, 2.45) is 0 Å². The maximum atomic E-state index is 12.9. The number of hydrogen-bond donors (Lipinski definition) is 1. The summed E-state index contributed by atoms with van der Waals surface area (Å²) in [7, 11) is 1.63. The van der Waals surface area contributed by atoms with Crippen molar-refractivity contribution in [3.8, 4) is 5.75 Å². The fraction of sp³-hybridized carbons (Fsp3) is 0.360. The highest BCUT2D eigenvalue weighted by Gasteiger charge is 2.24. The number of rotatable bonds is 6. The van der Waals surface area contributed by atoms with Gasteiger partial charge >= 0.3 is 0 Å². The molecule has 1 aliphatic rings. The summed E-state index contributed by atoms with van der Waals surface area (Å²) >= 11 is 0. The normalized spacial score (nSPS) is 15.5. The predicted octanol–water partition coefficient (Wildman–Crippen LogP) is 3.22. The summed E-state index contributed by atoms with van der Waals surface area (Å²) in [6.07, 6.45) is 0. The van der Waals surface area contributed by atoms with Gasteiger partial charge in [0.25, 0.3) is 5.91 Å². The molecule has 0 unspecified atom stereocenters. The Labute approximate surface area is 186 Å². The molecular formula is C25H28N2O5. The van der Waals surface area contributed by atoms with Crippen LogP contribution in [0.3, 0.4) is 0 Å². The van der Waals surface area contributed by atoms with Gasteiger partial charge in [-0.3, -0.25) is 14.5 Å². The first-order chi connectivity index (χ1) is 15.5. The Kier molecular flexibility index (Phi) is 6.58. The number of carbonyl (C=O) groups excluding carboxylic acids is 1. The van der Waals surface area contributed by atoms with Crippen LogP contribution in [-0.4, -0.2) is 50.8 Å². The number of ether oxygens (including phenoxy) is 2. The molecule has 2 aromatic carbocycles. The SMILES string of the molecule is COc1ccc([C@@H](CNC(=O)c2cc(=O)c3c(C)cc(C)cc3o2)N2CCOCC2)cc1. The lowest BCUT2D eigenvalue weighted by atomic mass is 10.0. The summed E-state index contributed by atoms with van der Waals surface area (Å²) in [4.78, 5) is 27.8. The summed E-state index contributed by atoms with van der Waals surface area (Å²) in [5.41, 5.74) is 3.10. The molecule has 0 saturated carbocycles. The van der Waals surface area contributed by atoms with E-state index in [0.717, 1.165) is 35.5 Å². The Bertz CT molecular complexity index is 1160. The Balaban J connectivity index is 1.57. The number of hydrogen-bond acceptors (Lipinski definition) is 6. The Morgan fingerprint density at radius 3 is 2.53 bits per heavy atom. The van der Waals surface area contributed by atoms with Crippen molar-refractivity contribution in [1.82, 2.24) is 10.2 Å². The molecule has 4 rings (SSSR count). The van der Waals surface area contributed by atoms with Gasteiger partial charge in [-0.15, -0.1) is 0 Å². The molecule has 1 aliphatic heterocycles. The Morgan fingerprint density at radius 2 is 1.84 bits per heavy atom. The first-order valence-corrected chi connectivity index (χ1v) is 10.8. The van der Waals surface area contributed by atoms with Crippen LogP contribution in [0.1, 0.15) is 33.3 Å². The molecule has 7 nitrogen and oxygen atoms in total. The van der Waals surface area contributed by atoms with Crippen LogP contribution >= 0.6 is 0 Å². The third-order valence-corrected chi connectivity index (χ3v) is 5.84. The number of benzene rings is 2. The zero-order chi connectivity index (χ0) is 22.7. The standard InChI is InChI=1S/C25H28N2O5/c1-16-12-17(2)24-21(28)14-23(32-22(24)13-16)25(29)26-15-20(27-8-10-31-11-9-27)18-4-6-19(30-3)7-5-18/h4-7,12-14,20H,8-11,15H2,1-3H3,(H,26,29)/t20-/m1/s1. The quantitative estimate of drug-likeness (QED) is 0.639. The van der Waals surface area contributed by atoms with Gasteiger partial charge in [0.2, 0.25) is 0 Å². The van der Waals surface area contributed by atoms with Gasteiger partial charge in [-0.25, -0.2) is 0 Å². The molecule has 7 heteroatoms. The van der Waals surface area contributed by atoms with Gasteiger partial charge < -0.3 is 19.2 Å². The maximum absolute atomic E-state index is 12.9. The molecule has 1 fully saturated rings. The van der Waals surface area contributed by atoms with Crippen LogP contribution in [0, 0.1) is 13.8 Å². The molecule has 0 aliphatic carbocycles. The minimum absolute atomic E-state index is 0.0166. The van der Waals surface area contributed by atoms with E-state index < -0.39 is 5.91 Å². The van der Waals surface area contributed by atoms with E-state index in [4.69, 9.17) is 13.9 Å². The van der Waals surface area contributed by atoms with E-state index in [1.165, 1.54) is 6.07 Å². The van der Waals surface area contributed by atoms with Crippen molar-refractivity contribution in [3.63, 3.8) is 0 Å². The fourth-order valence-corrected chi connectivity index (χ4v) is 4.23. The van der Waals surface area contributed by atoms with Crippen molar-refractivity contribution in [2.45, 2.75) is 19.9 Å². The summed E-state index contributed by atoms with van der Waals surface area (Å²) in [6, 6.07) is 12.8. The van der Waals surface area contributed by atoms with Crippen molar-refractivity contribution in [3.05, 3.63) is 75.1 Å². The fourth-order valence-electron chi connectivity index (χ4n) is 4.23. The number of amides is 1. The van der Waals surface area contributed by atoms with Gasteiger partial charge in [0.15, 0.2) is 11.2 Å². The van der Waals surface area contributed by atoms with E-state index in [2.05, 4.69) is 10.2 Å². The number of nitrogens with zero attached hydrogens (tertiary/aromatic N) is 1. The molecular weight excluding hydrogens is 408 g/mol. The number of methoxy groups -OCH3 is 1.